The number of nitrogens with two attached hydrogens (primary N) is 1. The first-order valence-electron chi connectivity index (χ1n) is 4.38. The van der Waals surface area contributed by atoms with Crippen molar-refractivity contribution < 1.29 is 0 Å². The third kappa shape index (κ3) is 1.48. The van der Waals surface area contributed by atoms with Crippen molar-refractivity contribution in [1.82, 2.24) is 0 Å². The van der Waals surface area contributed by atoms with Gasteiger partial charge in [0.05, 0.1) is 0 Å². The fraction of sp³-hybridized carbons (Fsp3) is 0.800. The van der Waals surface area contributed by atoms with Crippen molar-refractivity contribution in [3.63, 3.8) is 0 Å². The SMILES string of the molecule is CC1=C(C)C(C)(C)CCC1N. The topological polar surface area (TPSA) is 26.0 Å². The van der Waals surface area contributed by atoms with E-state index in [0.717, 1.165) is 6.42 Å². The van der Waals surface area contributed by atoms with Gasteiger partial charge in [-0.05, 0) is 32.1 Å². The molecule has 11 heavy (non-hydrogen) atoms. The predicted molar refractivity (Wildman–Crippen MR) is 49.4 cm³/mol. The van der Waals surface area contributed by atoms with Crippen molar-refractivity contribution in [3.8, 4) is 0 Å². The van der Waals surface area contributed by atoms with E-state index >= 15 is 0 Å². The van der Waals surface area contributed by atoms with E-state index in [1.165, 1.54) is 17.6 Å². The maximum atomic E-state index is 5.93. The van der Waals surface area contributed by atoms with E-state index in [0.29, 0.717) is 11.5 Å². The Morgan fingerprint density at radius 2 is 1.91 bits per heavy atom. The van der Waals surface area contributed by atoms with Crippen LogP contribution < -0.4 is 5.73 Å². The van der Waals surface area contributed by atoms with Crippen molar-refractivity contribution in [3.05, 3.63) is 11.1 Å². The minimum absolute atomic E-state index is 0.322. The average Bonchev–Trinajstić information content (AvgIpc) is 1.95. The second kappa shape index (κ2) is 2.63. The summed E-state index contributed by atoms with van der Waals surface area (Å²) < 4.78 is 0. The molecule has 1 aliphatic rings. The highest BCUT2D eigenvalue weighted by Crippen LogP contribution is 2.38. The summed E-state index contributed by atoms with van der Waals surface area (Å²) in [5, 5.41) is 0. The molecule has 1 heteroatoms. The van der Waals surface area contributed by atoms with Gasteiger partial charge < -0.3 is 5.73 Å². The third-order valence-corrected chi connectivity index (χ3v) is 3.24. The van der Waals surface area contributed by atoms with Gasteiger partial charge in [0.1, 0.15) is 0 Å². The molecule has 0 spiro atoms. The monoisotopic (exact) mass is 153 g/mol. The molecule has 0 aromatic heterocycles. The van der Waals surface area contributed by atoms with E-state index in [-0.39, 0.29) is 0 Å². The van der Waals surface area contributed by atoms with Crippen molar-refractivity contribution >= 4 is 0 Å². The molecule has 1 nitrogen and oxygen atoms in total. The Morgan fingerprint density at radius 1 is 1.36 bits per heavy atom. The van der Waals surface area contributed by atoms with Crippen molar-refractivity contribution in [2.24, 2.45) is 11.1 Å². The fourth-order valence-electron chi connectivity index (χ4n) is 1.73. The van der Waals surface area contributed by atoms with Gasteiger partial charge in [-0.1, -0.05) is 25.0 Å². The number of hydrogen-bond donors (Lipinski definition) is 1. The average molecular weight is 153 g/mol. The first-order chi connectivity index (χ1) is 4.95. The zero-order chi connectivity index (χ0) is 8.65. The van der Waals surface area contributed by atoms with Gasteiger partial charge in [-0.15, -0.1) is 0 Å². The molecule has 1 atom stereocenters. The van der Waals surface area contributed by atoms with Crippen LogP contribution in [0.4, 0.5) is 0 Å². The van der Waals surface area contributed by atoms with E-state index in [4.69, 9.17) is 5.73 Å². The van der Waals surface area contributed by atoms with Crippen LogP contribution in [0.5, 0.6) is 0 Å². The Kier molecular flexibility index (Phi) is 2.10. The molecule has 0 saturated carbocycles. The van der Waals surface area contributed by atoms with Crippen LogP contribution >= 0.6 is 0 Å². The molecule has 0 aromatic carbocycles. The summed E-state index contributed by atoms with van der Waals surface area (Å²) in [6.07, 6.45) is 2.38. The van der Waals surface area contributed by atoms with E-state index in [1.807, 2.05) is 0 Å². The quantitative estimate of drug-likeness (QED) is 0.531. The number of hydrogen-bond acceptors (Lipinski definition) is 1. The summed E-state index contributed by atoms with van der Waals surface area (Å²) in [4.78, 5) is 0. The fourth-order valence-corrected chi connectivity index (χ4v) is 1.73. The first kappa shape index (κ1) is 8.79. The lowest BCUT2D eigenvalue weighted by atomic mass is 9.72. The lowest BCUT2D eigenvalue weighted by Gasteiger charge is -2.35. The van der Waals surface area contributed by atoms with Gasteiger partial charge in [0, 0.05) is 6.04 Å². The van der Waals surface area contributed by atoms with Crippen LogP contribution in [0.3, 0.4) is 0 Å². The molecule has 0 heterocycles. The summed E-state index contributed by atoms with van der Waals surface area (Å²) in [6.45, 7) is 8.99. The first-order valence-corrected chi connectivity index (χ1v) is 4.38. The number of allylic oxidation sites excluding steroid dienone is 1. The van der Waals surface area contributed by atoms with E-state index in [9.17, 15) is 0 Å². The molecule has 0 radical (unpaired) electrons. The van der Waals surface area contributed by atoms with Crippen molar-refractivity contribution in [1.29, 1.82) is 0 Å². The molecule has 1 rings (SSSR count). The van der Waals surface area contributed by atoms with Crippen LogP contribution in [-0.4, -0.2) is 6.04 Å². The van der Waals surface area contributed by atoms with Gasteiger partial charge >= 0.3 is 0 Å². The van der Waals surface area contributed by atoms with E-state index in [1.54, 1.807) is 0 Å². The lowest BCUT2D eigenvalue weighted by molar-refractivity contribution is 0.351. The summed E-state index contributed by atoms with van der Waals surface area (Å²) in [5.74, 6) is 0. The van der Waals surface area contributed by atoms with Crippen molar-refractivity contribution in [2.75, 3.05) is 0 Å². The zero-order valence-corrected chi connectivity index (χ0v) is 8.07. The lowest BCUT2D eigenvalue weighted by Crippen LogP contribution is -2.32. The van der Waals surface area contributed by atoms with Gasteiger partial charge in [0.15, 0.2) is 0 Å². The van der Waals surface area contributed by atoms with Crippen LogP contribution in [0, 0.1) is 5.41 Å². The maximum Gasteiger partial charge on any atom is 0.0253 e. The molecule has 2 N–H and O–H groups in total. The van der Waals surface area contributed by atoms with E-state index < -0.39 is 0 Å². The molecular formula is C10H19N. The Hall–Kier alpha value is -0.300. The molecule has 0 aliphatic heterocycles. The highest BCUT2D eigenvalue weighted by atomic mass is 14.6. The Bertz CT molecular complexity index is 189. The number of rotatable bonds is 0. The molecule has 1 aliphatic carbocycles. The summed E-state index contributed by atoms with van der Waals surface area (Å²) >= 11 is 0. The molecule has 0 saturated heterocycles. The smallest absolute Gasteiger partial charge is 0.0253 e. The molecule has 64 valence electrons. The Morgan fingerprint density at radius 3 is 2.36 bits per heavy atom. The van der Waals surface area contributed by atoms with Gasteiger partial charge in [-0.3, -0.25) is 0 Å². The largest absolute Gasteiger partial charge is 0.324 e. The summed E-state index contributed by atoms with van der Waals surface area (Å²) in [5.41, 5.74) is 9.22. The van der Waals surface area contributed by atoms with Gasteiger partial charge in [0.2, 0.25) is 0 Å². The summed E-state index contributed by atoms with van der Waals surface area (Å²) in [7, 11) is 0. The van der Waals surface area contributed by atoms with Crippen LogP contribution in [-0.2, 0) is 0 Å². The second-order valence-corrected chi connectivity index (χ2v) is 4.34. The van der Waals surface area contributed by atoms with Crippen LogP contribution in [0.15, 0.2) is 11.1 Å². The van der Waals surface area contributed by atoms with Crippen molar-refractivity contribution in [2.45, 2.75) is 46.6 Å². The third-order valence-electron chi connectivity index (χ3n) is 3.24. The maximum absolute atomic E-state index is 5.93. The highest BCUT2D eigenvalue weighted by Gasteiger charge is 2.28. The Balaban J connectivity index is 2.97. The normalized spacial score (nSPS) is 30.8. The van der Waals surface area contributed by atoms with E-state index in [2.05, 4.69) is 27.7 Å². The molecule has 0 aromatic rings. The molecule has 0 bridgehead atoms. The minimum atomic E-state index is 0.322. The minimum Gasteiger partial charge on any atom is -0.324 e. The zero-order valence-electron chi connectivity index (χ0n) is 8.07. The van der Waals surface area contributed by atoms with Gasteiger partial charge in [0.25, 0.3) is 0 Å². The predicted octanol–water partition coefficient (Wildman–Crippen LogP) is 2.47. The van der Waals surface area contributed by atoms with Crippen LogP contribution in [0.1, 0.15) is 40.5 Å². The van der Waals surface area contributed by atoms with Crippen LogP contribution in [0.2, 0.25) is 0 Å². The van der Waals surface area contributed by atoms with Gasteiger partial charge in [-0.2, -0.15) is 0 Å². The summed E-state index contributed by atoms with van der Waals surface area (Å²) in [6, 6.07) is 0.322. The highest BCUT2D eigenvalue weighted by molar-refractivity contribution is 5.24. The Labute approximate surface area is 69.7 Å². The van der Waals surface area contributed by atoms with Crippen LogP contribution in [0.25, 0.3) is 0 Å². The molecular weight excluding hydrogens is 134 g/mol. The molecule has 1 unspecified atom stereocenters. The molecule has 0 amide bonds. The standard InChI is InChI=1S/C10H19N/c1-7-8(2)10(3,4)6-5-9(7)11/h9H,5-6,11H2,1-4H3. The molecule has 0 fully saturated rings. The second-order valence-electron chi connectivity index (χ2n) is 4.34. The van der Waals surface area contributed by atoms with Gasteiger partial charge in [-0.25, -0.2) is 0 Å².